The first-order chi connectivity index (χ1) is 13.1. The zero-order valence-corrected chi connectivity index (χ0v) is 15.6. The smallest absolute Gasteiger partial charge is 0.295 e. The van der Waals surface area contributed by atoms with E-state index in [4.69, 9.17) is 21.1 Å². The molecule has 1 aliphatic heterocycles. The summed E-state index contributed by atoms with van der Waals surface area (Å²) >= 11 is 6.33. The van der Waals surface area contributed by atoms with Gasteiger partial charge in [-0.1, -0.05) is 23.7 Å². The fraction of sp³-hybridized carbons (Fsp3) is 0.200. The first-order valence-electron chi connectivity index (χ1n) is 8.37. The maximum atomic E-state index is 13.0. The minimum Gasteiger partial charge on any atom is -0.710 e. The molecule has 0 saturated carbocycles. The maximum absolute atomic E-state index is 13.0. The van der Waals surface area contributed by atoms with Crippen molar-refractivity contribution in [3.05, 3.63) is 57.9 Å². The van der Waals surface area contributed by atoms with Gasteiger partial charge < -0.3 is 14.7 Å². The second-order valence-electron chi connectivity index (χ2n) is 6.17. The van der Waals surface area contributed by atoms with E-state index in [0.29, 0.717) is 51.3 Å². The van der Waals surface area contributed by atoms with Gasteiger partial charge in [0.05, 0.1) is 31.4 Å². The molecule has 0 N–H and O–H groups in total. The molecule has 0 unspecified atom stereocenters. The molecule has 0 amide bonds. The summed E-state index contributed by atoms with van der Waals surface area (Å²) in [4.78, 5) is 0. The number of aryl methyl sites for hydroxylation is 1. The fourth-order valence-corrected chi connectivity index (χ4v) is 3.83. The Kier molecular flexibility index (Phi) is 4.17. The lowest BCUT2D eigenvalue weighted by atomic mass is 9.96. The van der Waals surface area contributed by atoms with Gasteiger partial charge in [-0.05, 0) is 29.8 Å². The maximum Gasteiger partial charge on any atom is 0.295 e. The highest BCUT2D eigenvalue weighted by Crippen LogP contribution is 2.41. The number of halogens is 1. The van der Waals surface area contributed by atoms with Crippen LogP contribution in [-0.2, 0) is 13.0 Å². The Bertz CT molecular complexity index is 1100. The van der Waals surface area contributed by atoms with E-state index >= 15 is 0 Å². The molecular formula is C20H16ClN3O3. The molecule has 2 aromatic carbocycles. The van der Waals surface area contributed by atoms with E-state index in [0.717, 1.165) is 11.1 Å². The summed E-state index contributed by atoms with van der Waals surface area (Å²) < 4.78 is 13.3. The van der Waals surface area contributed by atoms with Gasteiger partial charge in [0, 0.05) is 12.0 Å². The number of aromatic nitrogens is 2. The number of nitrogens with zero attached hydrogens (tertiary/aromatic N) is 3. The summed E-state index contributed by atoms with van der Waals surface area (Å²) in [5.41, 5.74) is 3.00. The SMILES string of the molecule is COc1cc2c(cc1OC)-c1c(C#N)[n+]([O-])c(-c3ccccc3Cl)n1CC2. The summed E-state index contributed by atoms with van der Waals surface area (Å²) in [5.74, 6) is 1.54. The number of ether oxygens (including phenoxy) is 2. The predicted octanol–water partition coefficient (Wildman–Crippen LogP) is 3.55. The summed E-state index contributed by atoms with van der Waals surface area (Å²) in [7, 11) is 3.14. The number of benzene rings is 2. The van der Waals surface area contributed by atoms with E-state index in [9.17, 15) is 10.5 Å². The lowest BCUT2D eigenvalue weighted by molar-refractivity contribution is -0.595. The number of hydrogen-bond donors (Lipinski definition) is 0. The molecule has 0 radical (unpaired) electrons. The molecular weight excluding hydrogens is 366 g/mol. The lowest BCUT2D eigenvalue weighted by Crippen LogP contribution is -2.31. The molecule has 0 spiro atoms. The third-order valence-electron chi connectivity index (χ3n) is 4.84. The number of rotatable bonds is 3. The lowest BCUT2D eigenvalue weighted by Gasteiger charge is -2.18. The van der Waals surface area contributed by atoms with Gasteiger partial charge in [0.1, 0.15) is 6.07 Å². The molecule has 1 aromatic heterocycles. The van der Waals surface area contributed by atoms with Gasteiger partial charge in [-0.3, -0.25) is 0 Å². The van der Waals surface area contributed by atoms with E-state index < -0.39 is 0 Å². The number of methoxy groups -OCH3 is 2. The van der Waals surface area contributed by atoms with Gasteiger partial charge in [-0.2, -0.15) is 5.26 Å². The quantitative estimate of drug-likeness (QED) is 0.513. The van der Waals surface area contributed by atoms with Crippen LogP contribution in [0.25, 0.3) is 22.6 Å². The average Bonchev–Trinajstić information content (AvgIpc) is 2.98. The number of imidazole rings is 1. The van der Waals surface area contributed by atoms with Gasteiger partial charge in [-0.15, -0.1) is 0 Å². The van der Waals surface area contributed by atoms with Crippen molar-refractivity contribution in [3.8, 4) is 40.2 Å². The molecule has 0 bridgehead atoms. The molecule has 7 heteroatoms. The van der Waals surface area contributed by atoms with Crippen LogP contribution >= 0.6 is 11.6 Å². The Morgan fingerprint density at radius 3 is 2.52 bits per heavy atom. The number of nitriles is 1. The van der Waals surface area contributed by atoms with Crippen LogP contribution in [0.2, 0.25) is 5.02 Å². The summed E-state index contributed by atoms with van der Waals surface area (Å²) in [6, 6.07) is 12.9. The Hall–Kier alpha value is -3.17. The van der Waals surface area contributed by atoms with Gasteiger partial charge in [-0.25, -0.2) is 9.30 Å². The third kappa shape index (κ3) is 2.51. The van der Waals surface area contributed by atoms with Crippen molar-refractivity contribution in [2.75, 3.05) is 14.2 Å². The fourth-order valence-electron chi connectivity index (χ4n) is 3.61. The van der Waals surface area contributed by atoms with Crippen LogP contribution in [0.1, 0.15) is 11.3 Å². The van der Waals surface area contributed by atoms with Crippen molar-refractivity contribution in [2.24, 2.45) is 0 Å². The van der Waals surface area contributed by atoms with E-state index in [1.54, 1.807) is 32.4 Å². The topological polar surface area (TPSA) is 74.1 Å². The molecule has 6 nitrogen and oxygen atoms in total. The van der Waals surface area contributed by atoms with E-state index in [1.165, 1.54) is 0 Å². The highest BCUT2D eigenvalue weighted by atomic mass is 35.5. The molecule has 2 heterocycles. The van der Waals surface area contributed by atoms with E-state index in [1.807, 2.05) is 22.8 Å². The molecule has 27 heavy (non-hydrogen) atoms. The second-order valence-corrected chi connectivity index (χ2v) is 6.58. The molecule has 0 fully saturated rings. The van der Waals surface area contributed by atoms with Crippen LogP contribution < -0.4 is 14.2 Å². The van der Waals surface area contributed by atoms with Crippen molar-refractivity contribution in [1.29, 1.82) is 5.26 Å². The molecule has 0 saturated heterocycles. The van der Waals surface area contributed by atoms with Crippen molar-refractivity contribution >= 4 is 11.6 Å². The second kappa shape index (κ2) is 6.53. The molecule has 136 valence electrons. The zero-order chi connectivity index (χ0) is 19.1. The highest BCUT2D eigenvalue weighted by Gasteiger charge is 2.35. The molecule has 0 atom stereocenters. The van der Waals surface area contributed by atoms with Gasteiger partial charge in [0.15, 0.2) is 17.2 Å². The van der Waals surface area contributed by atoms with Crippen molar-refractivity contribution in [2.45, 2.75) is 13.0 Å². The largest absolute Gasteiger partial charge is 0.710 e. The molecule has 3 aromatic rings. The van der Waals surface area contributed by atoms with Crippen LogP contribution in [0.3, 0.4) is 0 Å². The van der Waals surface area contributed by atoms with Crippen molar-refractivity contribution in [3.63, 3.8) is 0 Å². The average molecular weight is 382 g/mol. The van der Waals surface area contributed by atoms with Gasteiger partial charge in [0.25, 0.3) is 11.5 Å². The van der Waals surface area contributed by atoms with Gasteiger partial charge in [0.2, 0.25) is 0 Å². The molecule has 0 aliphatic carbocycles. The van der Waals surface area contributed by atoms with Crippen molar-refractivity contribution in [1.82, 2.24) is 4.57 Å². The summed E-state index contributed by atoms with van der Waals surface area (Å²) in [6.07, 6.45) is 0.694. The minimum atomic E-state index is 0.0399. The molecule has 1 aliphatic rings. The highest BCUT2D eigenvalue weighted by molar-refractivity contribution is 6.33. The first kappa shape index (κ1) is 17.3. The van der Waals surface area contributed by atoms with Gasteiger partial charge >= 0.3 is 0 Å². The first-order valence-corrected chi connectivity index (χ1v) is 8.74. The minimum absolute atomic E-state index is 0.0399. The van der Waals surface area contributed by atoms with Crippen molar-refractivity contribution < 1.29 is 14.2 Å². The standard InChI is InChI=1S/C20H16ClN3O3/c1-26-17-9-12-7-8-23-19(14(12)10-18(17)27-2)16(11-22)24(25)20(23)13-5-3-4-6-15(13)21/h3-6,9-10H,7-8H2,1-2H3. The zero-order valence-electron chi connectivity index (χ0n) is 14.8. The summed E-state index contributed by atoms with van der Waals surface area (Å²) in [6.45, 7) is 0.558. The van der Waals surface area contributed by atoms with Crippen LogP contribution in [0.5, 0.6) is 11.5 Å². The predicted molar refractivity (Wildman–Crippen MR) is 101 cm³/mol. The van der Waals surface area contributed by atoms with Crippen LogP contribution in [-0.4, -0.2) is 18.8 Å². The summed E-state index contributed by atoms with van der Waals surface area (Å²) in [5, 5.41) is 23.1. The van der Waals surface area contributed by atoms with Crippen LogP contribution in [0, 0.1) is 16.5 Å². The van der Waals surface area contributed by atoms with Crippen LogP contribution in [0.15, 0.2) is 36.4 Å². The number of fused-ring (bicyclic) bond motifs is 3. The van der Waals surface area contributed by atoms with E-state index in [-0.39, 0.29) is 5.69 Å². The Balaban J connectivity index is 2.04. The normalized spacial score (nSPS) is 12.1. The Labute approximate surface area is 161 Å². The monoisotopic (exact) mass is 381 g/mol. The Morgan fingerprint density at radius 2 is 1.85 bits per heavy atom. The number of hydrogen-bond acceptors (Lipinski definition) is 4. The Morgan fingerprint density at radius 1 is 1.15 bits per heavy atom. The van der Waals surface area contributed by atoms with E-state index in [2.05, 4.69) is 6.07 Å². The third-order valence-corrected chi connectivity index (χ3v) is 5.16. The molecule has 4 rings (SSSR count). The van der Waals surface area contributed by atoms with Crippen LogP contribution in [0.4, 0.5) is 0 Å².